The monoisotopic (exact) mass is 411 g/mol. The lowest BCUT2D eigenvalue weighted by Gasteiger charge is -2.07. The highest BCUT2D eigenvalue weighted by molar-refractivity contribution is 7.99. The average molecular weight is 411 g/mol. The first kappa shape index (κ1) is 21.2. The van der Waals surface area contributed by atoms with Crippen molar-refractivity contribution in [2.75, 3.05) is 17.7 Å². The zero-order valence-electron chi connectivity index (χ0n) is 14.6. The van der Waals surface area contributed by atoms with Crippen molar-refractivity contribution in [3.05, 3.63) is 59.7 Å². The number of amides is 1. The Morgan fingerprint density at radius 1 is 1.07 bits per heavy atom. The van der Waals surface area contributed by atoms with E-state index >= 15 is 0 Å². The molecule has 0 unspecified atom stereocenters. The van der Waals surface area contributed by atoms with Gasteiger partial charge in [0.25, 0.3) is 11.7 Å². The largest absolute Gasteiger partial charge is 0.455 e. The van der Waals surface area contributed by atoms with E-state index < -0.39 is 24.2 Å². The molecule has 1 amide bonds. The molecular formula is C19H19F2NO3S2. The maximum absolute atomic E-state index is 12.3. The normalized spacial score (nSPS) is 10.7. The van der Waals surface area contributed by atoms with E-state index in [0.717, 1.165) is 5.56 Å². The van der Waals surface area contributed by atoms with Gasteiger partial charge < -0.3 is 10.1 Å². The van der Waals surface area contributed by atoms with Gasteiger partial charge in [-0.15, -0.1) is 11.8 Å². The van der Waals surface area contributed by atoms with E-state index in [9.17, 15) is 18.4 Å². The van der Waals surface area contributed by atoms with E-state index in [1.165, 1.54) is 41.6 Å². The van der Waals surface area contributed by atoms with Crippen molar-refractivity contribution in [2.45, 2.75) is 23.3 Å². The number of rotatable bonds is 9. The third kappa shape index (κ3) is 8.45. The van der Waals surface area contributed by atoms with Crippen LogP contribution in [0.1, 0.15) is 11.1 Å². The van der Waals surface area contributed by atoms with Gasteiger partial charge in [0, 0.05) is 16.3 Å². The van der Waals surface area contributed by atoms with Crippen LogP contribution in [0.25, 0.3) is 0 Å². The van der Waals surface area contributed by atoms with Crippen LogP contribution in [0, 0.1) is 6.92 Å². The van der Waals surface area contributed by atoms with Crippen LogP contribution >= 0.6 is 23.5 Å². The van der Waals surface area contributed by atoms with Crippen LogP contribution in [-0.2, 0) is 20.1 Å². The van der Waals surface area contributed by atoms with Crippen molar-refractivity contribution in [2.24, 2.45) is 0 Å². The van der Waals surface area contributed by atoms with E-state index in [4.69, 9.17) is 4.74 Å². The van der Waals surface area contributed by atoms with Crippen LogP contribution in [0.15, 0.2) is 53.4 Å². The number of halogens is 2. The molecule has 0 radical (unpaired) electrons. The molecule has 0 saturated heterocycles. The van der Waals surface area contributed by atoms with E-state index in [-0.39, 0.29) is 5.75 Å². The van der Waals surface area contributed by atoms with Gasteiger partial charge in [-0.1, -0.05) is 41.6 Å². The number of carbonyl (C=O) groups is 2. The molecule has 144 valence electrons. The Morgan fingerprint density at radius 3 is 2.37 bits per heavy atom. The van der Waals surface area contributed by atoms with Crippen LogP contribution in [0.2, 0.25) is 0 Å². The lowest BCUT2D eigenvalue weighted by molar-refractivity contribution is -0.144. The highest BCUT2D eigenvalue weighted by Gasteiger charge is 2.09. The smallest absolute Gasteiger partial charge is 0.316 e. The van der Waals surface area contributed by atoms with Crippen LogP contribution in [0.4, 0.5) is 14.5 Å². The molecule has 0 aromatic heterocycles. The quantitative estimate of drug-likeness (QED) is 0.478. The first-order valence-corrected chi connectivity index (χ1v) is 10.1. The van der Waals surface area contributed by atoms with Gasteiger partial charge >= 0.3 is 5.97 Å². The van der Waals surface area contributed by atoms with Crippen LogP contribution in [0.3, 0.4) is 0 Å². The zero-order chi connectivity index (χ0) is 19.6. The van der Waals surface area contributed by atoms with Crippen LogP contribution in [-0.4, -0.2) is 30.0 Å². The molecule has 0 spiro atoms. The molecule has 0 aliphatic rings. The number of alkyl halides is 2. The van der Waals surface area contributed by atoms with Crippen LogP contribution in [0.5, 0.6) is 0 Å². The zero-order valence-corrected chi connectivity index (χ0v) is 16.2. The summed E-state index contributed by atoms with van der Waals surface area (Å²) < 4.78 is 29.4. The Bertz CT molecular complexity index is 753. The third-order valence-corrected chi connectivity index (χ3v) is 5.04. The minimum absolute atomic E-state index is 0.153. The maximum atomic E-state index is 12.3. The lowest BCUT2D eigenvalue weighted by Crippen LogP contribution is -2.21. The molecule has 4 nitrogen and oxygen atoms in total. The predicted molar refractivity (Wildman–Crippen MR) is 105 cm³/mol. The first-order valence-electron chi connectivity index (χ1n) is 8.06. The molecule has 27 heavy (non-hydrogen) atoms. The Balaban J connectivity index is 1.65. The summed E-state index contributed by atoms with van der Waals surface area (Å²) in [6.45, 7) is 1.62. The van der Waals surface area contributed by atoms with E-state index in [0.29, 0.717) is 28.1 Å². The number of esters is 1. The van der Waals surface area contributed by atoms with E-state index in [1.807, 2.05) is 31.2 Å². The predicted octanol–water partition coefficient (Wildman–Crippen LogP) is 4.72. The maximum Gasteiger partial charge on any atom is 0.316 e. The fourth-order valence-electron chi connectivity index (χ4n) is 2.04. The Labute approximate surface area is 165 Å². The molecule has 0 bridgehead atoms. The molecular weight excluding hydrogens is 392 g/mol. The molecule has 2 rings (SSSR count). The van der Waals surface area contributed by atoms with Crippen molar-refractivity contribution >= 4 is 41.1 Å². The second-order valence-electron chi connectivity index (χ2n) is 5.59. The molecule has 8 heteroatoms. The SMILES string of the molecule is Cc1ccc(CSCC(=O)OCC(=O)Nc2ccc(SC(F)F)cc2)cc1. The molecule has 0 aliphatic heterocycles. The number of hydrogen-bond acceptors (Lipinski definition) is 5. The van der Waals surface area contributed by atoms with Gasteiger partial charge in [-0.2, -0.15) is 8.78 Å². The number of ether oxygens (including phenoxy) is 1. The molecule has 0 saturated carbocycles. The summed E-state index contributed by atoms with van der Waals surface area (Å²) in [7, 11) is 0. The van der Waals surface area contributed by atoms with Gasteiger partial charge in [-0.3, -0.25) is 9.59 Å². The standard InChI is InChI=1S/C19H19F2NO3S2/c1-13-2-4-14(5-3-13)11-26-12-18(24)25-10-17(23)22-15-6-8-16(9-7-15)27-19(20)21/h2-9,19H,10-12H2,1H3,(H,22,23). The summed E-state index contributed by atoms with van der Waals surface area (Å²) in [5, 5.41) is 2.55. The molecule has 1 N–H and O–H groups in total. The minimum atomic E-state index is -2.49. The Kier molecular flexibility index (Phi) is 8.60. The second kappa shape index (κ2) is 10.9. The summed E-state index contributed by atoms with van der Waals surface area (Å²) in [6, 6.07) is 14.0. The molecule has 2 aromatic carbocycles. The van der Waals surface area contributed by atoms with Crippen molar-refractivity contribution < 1.29 is 23.1 Å². The summed E-state index contributed by atoms with van der Waals surface area (Å²) in [4.78, 5) is 23.9. The molecule has 0 atom stereocenters. The summed E-state index contributed by atoms with van der Waals surface area (Å²) >= 11 is 1.84. The highest BCUT2D eigenvalue weighted by atomic mass is 32.2. The average Bonchev–Trinajstić information content (AvgIpc) is 2.63. The minimum Gasteiger partial charge on any atom is -0.455 e. The van der Waals surface area contributed by atoms with Crippen molar-refractivity contribution in [3.8, 4) is 0 Å². The van der Waals surface area contributed by atoms with Gasteiger partial charge in [0.2, 0.25) is 0 Å². The highest BCUT2D eigenvalue weighted by Crippen LogP contribution is 2.26. The topological polar surface area (TPSA) is 55.4 Å². The summed E-state index contributed by atoms with van der Waals surface area (Å²) in [6.07, 6.45) is 0. The number of thioether (sulfide) groups is 2. The van der Waals surface area contributed by atoms with Gasteiger partial charge in [-0.25, -0.2) is 0 Å². The van der Waals surface area contributed by atoms with Crippen molar-refractivity contribution in [3.63, 3.8) is 0 Å². The number of anilines is 1. The van der Waals surface area contributed by atoms with Crippen LogP contribution < -0.4 is 5.32 Å². The van der Waals surface area contributed by atoms with Gasteiger partial charge in [0.1, 0.15) is 0 Å². The van der Waals surface area contributed by atoms with Gasteiger partial charge in [0.05, 0.1) is 5.75 Å². The fourth-order valence-corrected chi connectivity index (χ4v) is 3.32. The van der Waals surface area contributed by atoms with E-state index in [2.05, 4.69) is 5.32 Å². The third-order valence-electron chi connectivity index (χ3n) is 3.34. The number of benzene rings is 2. The summed E-state index contributed by atoms with van der Waals surface area (Å²) in [5.74, 6) is -2.61. The number of carbonyl (C=O) groups excluding carboxylic acids is 2. The molecule has 0 fully saturated rings. The summed E-state index contributed by atoms with van der Waals surface area (Å²) in [5.41, 5.74) is 2.74. The van der Waals surface area contributed by atoms with Crippen molar-refractivity contribution in [1.29, 1.82) is 0 Å². The molecule has 0 heterocycles. The number of aryl methyl sites for hydroxylation is 1. The first-order chi connectivity index (χ1) is 12.9. The number of hydrogen-bond donors (Lipinski definition) is 1. The van der Waals surface area contributed by atoms with Crippen molar-refractivity contribution in [1.82, 2.24) is 0 Å². The second-order valence-corrected chi connectivity index (χ2v) is 7.64. The lowest BCUT2D eigenvalue weighted by atomic mass is 10.2. The van der Waals surface area contributed by atoms with Gasteiger partial charge in [-0.05, 0) is 36.8 Å². The molecule has 0 aliphatic carbocycles. The fraction of sp³-hybridized carbons (Fsp3) is 0.263. The molecule has 2 aromatic rings. The Hall–Kier alpha value is -2.06. The number of nitrogens with one attached hydrogen (secondary N) is 1. The van der Waals surface area contributed by atoms with Gasteiger partial charge in [0.15, 0.2) is 6.61 Å². The van der Waals surface area contributed by atoms with E-state index in [1.54, 1.807) is 0 Å². The Morgan fingerprint density at radius 2 is 1.74 bits per heavy atom.